The van der Waals surface area contributed by atoms with Crippen LogP contribution in [-0.4, -0.2) is 63.3 Å². The number of hydrogen-bond acceptors (Lipinski definition) is 4. The molecule has 0 aliphatic carbocycles. The average Bonchev–Trinajstić information content (AvgIpc) is 2.59. The van der Waals surface area contributed by atoms with Gasteiger partial charge in [-0.1, -0.05) is 17.7 Å². The highest BCUT2D eigenvalue weighted by molar-refractivity contribution is 6.31. The van der Waals surface area contributed by atoms with Crippen LogP contribution in [0.1, 0.15) is 18.4 Å². The van der Waals surface area contributed by atoms with Crippen molar-refractivity contribution in [2.45, 2.75) is 25.8 Å². The fourth-order valence-electron chi connectivity index (χ4n) is 3.48. The van der Waals surface area contributed by atoms with Crippen LogP contribution in [0.25, 0.3) is 0 Å². The smallest absolute Gasteiger partial charge is 0.0455 e. The largest absolute Gasteiger partial charge is 0.371 e. The summed E-state index contributed by atoms with van der Waals surface area (Å²) in [5.74, 6) is 0. The molecule has 2 fully saturated rings. The van der Waals surface area contributed by atoms with Crippen molar-refractivity contribution in [2.24, 2.45) is 0 Å². The van der Waals surface area contributed by atoms with Crippen molar-refractivity contribution in [1.29, 1.82) is 0 Å². The third-order valence-corrected chi connectivity index (χ3v) is 5.49. The first-order valence-corrected chi connectivity index (χ1v) is 9.28. The lowest BCUT2D eigenvalue weighted by Gasteiger charge is -2.35. The van der Waals surface area contributed by atoms with Crippen LogP contribution in [0.5, 0.6) is 0 Å². The lowest BCUT2D eigenvalue weighted by Crippen LogP contribution is -2.48. The van der Waals surface area contributed by atoms with Crippen molar-refractivity contribution in [3.8, 4) is 0 Å². The predicted octanol–water partition coefficient (Wildman–Crippen LogP) is 2.11. The van der Waals surface area contributed by atoms with Crippen molar-refractivity contribution >= 4 is 17.3 Å². The average molecular weight is 337 g/mol. The summed E-state index contributed by atoms with van der Waals surface area (Å²) in [6, 6.07) is 7.08. The van der Waals surface area contributed by atoms with E-state index in [0.29, 0.717) is 6.04 Å². The van der Waals surface area contributed by atoms with Crippen LogP contribution in [0.15, 0.2) is 18.2 Å². The number of rotatable bonds is 5. The van der Waals surface area contributed by atoms with E-state index in [0.717, 1.165) is 43.3 Å². The maximum absolute atomic E-state index is 6.26. The standard InChI is InChI=1S/C18H29ClN4/c1-15-2-3-17(14-18(15)19)23-9-4-16(5-10-23)21-8-13-22-11-6-20-7-12-22/h2-3,14,16,20-21H,4-13H2,1H3. The molecule has 0 spiro atoms. The second kappa shape index (κ2) is 8.34. The van der Waals surface area contributed by atoms with E-state index < -0.39 is 0 Å². The number of piperazine rings is 1. The first-order chi connectivity index (χ1) is 11.2. The zero-order chi connectivity index (χ0) is 16.1. The number of nitrogens with zero attached hydrogens (tertiary/aromatic N) is 2. The lowest BCUT2D eigenvalue weighted by molar-refractivity contribution is 0.235. The summed E-state index contributed by atoms with van der Waals surface area (Å²) in [6.45, 7) is 11.2. The van der Waals surface area contributed by atoms with Crippen molar-refractivity contribution in [3.05, 3.63) is 28.8 Å². The number of aryl methyl sites for hydroxylation is 1. The first-order valence-electron chi connectivity index (χ1n) is 8.90. The summed E-state index contributed by atoms with van der Waals surface area (Å²) < 4.78 is 0. The Morgan fingerprint density at radius 2 is 1.91 bits per heavy atom. The Balaban J connectivity index is 1.38. The molecule has 0 bridgehead atoms. The summed E-state index contributed by atoms with van der Waals surface area (Å²) in [6.07, 6.45) is 2.43. The fourth-order valence-corrected chi connectivity index (χ4v) is 3.66. The highest BCUT2D eigenvalue weighted by Crippen LogP contribution is 2.25. The molecule has 1 aromatic rings. The van der Waals surface area contributed by atoms with Crippen LogP contribution < -0.4 is 15.5 Å². The Hall–Kier alpha value is -0.810. The molecule has 1 aromatic carbocycles. The van der Waals surface area contributed by atoms with Crippen LogP contribution in [0.4, 0.5) is 5.69 Å². The molecule has 4 nitrogen and oxygen atoms in total. The summed E-state index contributed by atoms with van der Waals surface area (Å²) >= 11 is 6.26. The number of halogens is 1. The number of benzene rings is 1. The summed E-state index contributed by atoms with van der Waals surface area (Å²) in [4.78, 5) is 5.01. The molecule has 0 aromatic heterocycles. The molecule has 2 aliphatic rings. The molecule has 2 N–H and O–H groups in total. The zero-order valence-corrected chi connectivity index (χ0v) is 14.9. The van der Waals surface area contributed by atoms with Gasteiger partial charge in [-0.2, -0.15) is 0 Å². The van der Waals surface area contributed by atoms with E-state index in [-0.39, 0.29) is 0 Å². The molecule has 3 rings (SSSR count). The van der Waals surface area contributed by atoms with E-state index in [4.69, 9.17) is 11.6 Å². The molecule has 0 atom stereocenters. The van der Waals surface area contributed by atoms with Gasteiger partial charge in [0.15, 0.2) is 0 Å². The Morgan fingerprint density at radius 3 is 2.61 bits per heavy atom. The lowest BCUT2D eigenvalue weighted by atomic mass is 10.0. The van der Waals surface area contributed by atoms with E-state index in [1.54, 1.807) is 0 Å². The normalized spacial score (nSPS) is 20.9. The van der Waals surface area contributed by atoms with Crippen LogP contribution in [0.3, 0.4) is 0 Å². The monoisotopic (exact) mass is 336 g/mol. The highest BCUT2D eigenvalue weighted by Gasteiger charge is 2.19. The van der Waals surface area contributed by atoms with E-state index in [2.05, 4.69) is 45.6 Å². The maximum atomic E-state index is 6.26. The van der Waals surface area contributed by atoms with Gasteiger partial charge in [0, 0.05) is 69.1 Å². The van der Waals surface area contributed by atoms with E-state index in [1.807, 2.05) is 0 Å². The predicted molar refractivity (Wildman–Crippen MR) is 98.7 cm³/mol. The van der Waals surface area contributed by atoms with Gasteiger partial charge < -0.3 is 15.5 Å². The zero-order valence-electron chi connectivity index (χ0n) is 14.2. The summed E-state index contributed by atoms with van der Waals surface area (Å²) in [7, 11) is 0. The molecule has 0 radical (unpaired) electrons. The van der Waals surface area contributed by atoms with E-state index in [1.165, 1.54) is 38.2 Å². The molecular weight excluding hydrogens is 308 g/mol. The van der Waals surface area contributed by atoms with E-state index >= 15 is 0 Å². The number of piperidine rings is 1. The minimum atomic E-state index is 0.662. The minimum Gasteiger partial charge on any atom is -0.371 e. The molecule has 0 unspecified atom stereocenters. The molecule has 2 heterocycles. The van der Waals surface area contributed by atoms with Crippen LogP contribution >= 0.6 is 11.6 Å². The third-order valence-electron chi connectivity index (χ3n) is 5.09. The van der Waals surface area contributed by atoms with Gasteiger partial charge in [-0.3, -0.25) is 4.90 Å². The van der Waals surface area contributed by atoms with Crippen LogP contribution in [0, 0.1) is 6.92 Å². The third kappa shape index (κ3) is 4.83. The Kier molecular flexibility index (Phi) is 6.17. The van der Waals surface area contributed by atoms with Crippen molar-refractivity contribution in [2.75, 3.05) is 57.3 Å². The van der Waals surface area contributed by atoms with Gasteiger partial charge in [-0.15, -0.1) is 0 Å². The second-order valence-corrected chi connectivity index (χ2v) is 7.15. The van der Waals surface area contributed by atoms with Crippen LogP contribution in [-0.2, 0) is 0 Å². The Bertz CT molecular complexity index is 494. The number of nitrogens with one attached hydrogen (secondary N) is 2. The van der Waals surface area contributed by atoms with Gasteiger partial charge in [0.25, 0.3) is 0 Å². The SMILES string of the molecule is Cc1ccc(N2CCC(NCCN3CCNCC3)CC2)cc1Cl. The summed E-state index contributed by atoms with van der Waals surface area (Å²) in [5.41, 5.74) is 2.42. The van der Waals surface area contributed by atoms with Gasteiger partial charge in [-0.25, -0.2) is 0 Å². The highest BCUT2D eigenvalue weighted by atomic mass is 35.5. The van der Waals surface area contributed by atoms with E-state index in [9.17, 15) is 0 Å². The van der Waals surface area contributed by atoms with Crippen molar-refractivity contribution < 1.29 is 0 Å². The van der Waals surface area contributed by atoms with Gasteiger partial charge >= 0.3 is 0 Å². The quantitative estimate of drug-likeness (QED) is 0.862. The minimum absolute atomic E-state index is 0.662. The molecule has 2 saturated heterocycles. The van der Waals surface area contributed by atoms with Gasteiger partial charge in [0.1, 0.15) is 0 Å². The fraction of sp³-hybridized carbons (Fsp3) is 0.667. The maximum Gasteiger partial charge on any atom is 0.0455 e. The van der Waals surface area contributed by atoms with Gasteiger partial charge in [0.05, 0.1) is 0 Å². The molecule has 0 amide bonds. The van der Waals surface area contributed by atoms with Crippen molar-refractivity contribution in [3.63, 3.8) is 0 Å². The number of anilines is 1. The first kappa shape index (κ1) is 17.0. The molecular formula is C18H29ClN4. The molecule has 5 heteroatoms. The second-order valence-electron chi connectivity index (χ2n) is 6.74. The molecule has 0 saturated carbocycles. The van der Waals surface area contributed by atoms with Crippen molar-refractivity contribution in [1.82, 2.24) is 15.5 Å². The topological polar surface area (TPSA) is 30.5 Å². The van der Waals surface area contributed by atoms with Crippen LogP contribution in [0.2, 0.25) is 5.02 Å². The van der Waals surface area contributed by atoms with Gasteiger partial charge in [-0.05, 0) is 37.5 Å². The summed E-state index contributed by atoms with van der Waals surface area (Å²) in [5, 5.41) is 8.03. The molecule has 2 aliphatic heterocycles. The Labute approximate surface area is 145 Å². The molecule has 23 heavy (non-hydrogen) atoms. The molecule has 128 valence electrons. The number of hydrogen-bond donors (Lipinski definition) is 2. The Morgan fingerprint density at radius 1 is 1.17 bits per heavy atom. The van der Waals surface area contributed by atoms with Gasteiger partial charge in [0.2, 0.25) is 0 Å².